The van der Waals surface area contributed by atoms with Crippen LogP contribution in [-0.2, 0) is 6.54 Å². The molecule has 0 saturated heterocycles. The van der Waals surface area contributed by atoms with Crippen molar-refractivity contribution in [3.05, 3.63) is 72.6 Å². The number of benzene rings is 1. The third kappa shape index (κ3) is 7.95. The molecule has 1 aromatic carbocycles. The fraction of sp³-hybridized carbons (Fsp3) is 0.250. The number of pyridine rings is 1. The van der Waals surface area contributed by atoms with E-state index < -0.39 is 0 Å². The van der Waals surface area contributed by atoms with Gasteiger partial charge in [0.05, 0.1) is 5.56 Å². The van der Waals surface area contributed by atoms with Crippen molar-refractivity contribution in [2.45, 2.75) is 6.54 Å². The molecule has 0 radical (unpaired) electrons. The van der Waals surface area contributed by atoms with Crippen molar-refractivity contribution in [2.24, 2.45) is 4.99 Å². The number of carbonyl (C=O) groups excluding carboxylic acids is 1. The molecule has 2 rings (SSSR count). The summed E-state index contributed by atoms with van der Waals surface area (Å²) < 4.78 is 5.65. The van der Waals surface area contributed by atoms with Crippen molar-refractivity contribution in [1.82, 2.24) is 20.9 Å². The maximum Gasteiger partial charge on any atom is 0.252 e. The van der Waals surface area contributed by atoms with Gasteiger partial charge in [0, 0.05) is 44.6 Å². The van der Waals surface area contributed by atoms with Crippen molar-refractivity contribution in [2.75, 3.05) is 26.7 Å². The van der Waals surface area contributed by atoms with Gasteiger partial charge >= 0.3 is 0 Å². The third-order valence-electron chi connectivity index (χ3n) is 3.63. The van der Waals surface area contributed by atoms with Crippen LogP contribution in [0.15, 0.2) is 66.4 Å². The number of para-hydroxylation sites is 1. The summed E-state index contributed by atoms with van der Waals surface area (Å²) in [6.45, 7) is 5.69. The van der Waals surface area contributed by atoms with Crippen molar-refractivity contribution in [3.63, 3.8) is 0 Å². The van der Waals surface area contributed by atoms with Gasteiger partial charge in [-0.3, -0.25) is 14.8 Å². The van der Waals surface area contributed by atoms with Crippen LogP contribution in [0.1, 0.15) is 15.9 Å². The minimum atomic E-state index is -0.152. The van der Waals surface area contributed by atoms with Crippen molar-refractivity contribution >= 4 is 35.8 Å². The number of rotatable bonds is 9. The summed E-state index contributed by atoms with van der Waals surface area (Å²) in [4.78, 5) is 20.1. The molecule has 0 spiro atoms. The van der Waals surface area contributed by atoms with Crippen LogP contribution in [0.25, 0.3) is 0 Å². The summed E-state index contributed by atoms with van der Waals surface area (Å²) in [6, 6.07) is 11.3. The molecular formula is C20H26IN5O2. The van der Waals surface area contributed by atoms with Crippen LogP contribution < -0.4 is 20.7 Å². The highest BCUT2D eigenvalue weighted by Crippen LogP contribution is 2.17. The van der Waals surface area contributed by atoms with Gasteiger partial charge < -0.3 is 20.7 Å². The van der Waals surface area contributed by atoms with Crippen LogP contribution in [0.3, 0.4) is 0 Å². The molecule has 3 N–H and O–H groups in total. The molecule has 0 saturated carbocycles. The molecule has 0 aliphatic rings. The van der Waals surface area contributed by atoms with E-state index in [1.54, 1.807) is 31.5 Å². The molecule has 1 aromatic heterocycles. The van der Waals surface area contributed by atoms with Crippen LogP contribution in [0.4, 0.5) is 0 Å². The lowest BCUT2D eigenvalue weighted by molar-refractivity contribution is 0.0954. The summed E-state index contributed by atoms with van der Waals surface area (Å²) in [7, 11) is 1.70. The van der Waals surface area contributed by atoms with Crippen molar-refractivity contribution in [3.8, 4) is 5.75 Å². The Balaban J connectivity index is 0.00000392. The maximum absolute atomic E-state index is 11.9. The van der Waals surface area contributed by atoms with Gasteiger partial charge in [0.2, 0.25) is 0 Å². The number of nitrogens with one attached hydrogen (secondary N) is 3. The Morgan fingerprint density at radius 3 is 2.68 bits per heavy atom. The fourth-order valence-electron chi connectivity index (χ4n) is 2.30. The average Bonchev–Trinajstić information content (AvgIpc) is 2.72. The summed E-state index contributed by atoms with van der Waals surface area (Å²) in [5.74, 6) is 1.30. The number of amides is 1. The first kappa shape index (κ1) is 23.4. The summed E-state index contributed by atoms with van der Waals surface area (Å²) in [6.07, 6.45) is 4.88. The van der Waals surface area contributed by atoms with E-state index in [1.807, 2.05) is 24.3 Å². The molecule has 150 valence electrons. The van der Waals surface area contributed by atoms with Gasteiger partial charge in [-0.25, -0.2) is 0 Å². The highest BCUT2D eigenvalue weighted by molar-refractivity contribution is 14.0. The number of carbonyl (C=O) groups is 1. The lowest BCUT2D eigenvalue weighted by atomic mass is 10.2. The minimum absolute atomic E-state index is 0. The molecule has 7 nitrogen and oxygen atoms in total. The van der Waals surface area contributed by atoms with E-state index in [0.29, 0.717) is 37.8 Å². The van der Waals surface area contributed by atoms with Crippen molar-refractivity contribution in [1.29, 1.82) is 0 Å². The first-order valence-corrected chi connectivity index (χ1v) is 8.69. The molecule has 1 heterocycles. The molecule has 28 heavy (non-hydrogen) atoms. The Bertz CT molecular complexity index is 768. The van der Waals surface area contributed by atoms with E-state index in [-0.39, 0.29) is 29.9 Å². The molecular weight excluding hydrogens is 469 g/mol. The van der Waals surface area contributed by atoms with Crippen LogP contribution >= 0.6 is 24.0 Å². The van der Waals surface area contributed by atoms with Crippen LogP contribution in [-0.4, -0.2) is 43.6 Å². The van der Waals surface area contributed by atoms with Gasteiger partial charge in [0.15, 0.2) is 5.96 Å². The predicted octanol–water partition coefficient (Wildman–Crippen LogP) is 2.36. The second-order valence-electron chi connectivity index (χ2n) is 5.56. The second kappa shape index (κ2) is 13.5. The highest BCUT2D eigenvalue weighted by atomic mass is 127. The Morgan fingerprint density at radius 1 is 1.18 bits per heavy atom. The largest absolute Gasteiger partial charge is 0.489 e. The predicted molar refractivity (Wildman–Crippen MR) is 122 cm³/mol. The number of nitrogens with zero attached hydrogens (tertiary/aromatic N) is 2. The highest BCUT2D eigenvalue weighted by Gasteiger charge is 2.06. The molecule has 0 aliphatic heterocycles. The van der Waals surface area contributed by atoms with Gasteiger partial charge in [-0.15, -0.1) is 24.0 Å². The van der Waals surface area contributed by atoms with Gasteiger partial charge in [0.1, 0.15) is 12.4 Å². The fourth-order valence-corrected chi connectivity index (χ4v) is 2.30. The Labute approximate surface area is 182 Å². The van der Waals surface area contributed by atoms with E-state index in [4.69, 9.17) is 4.74 Å². The first-order valence-electron chi connectivity index (χ1n) is 8.69. The number of hydrogen-bond acceptors (Lipinski definition) is 4. The smallest absolute Gasteiger partial charge is 0.252 e. The average molecular weight is 495 g/mol. The van der Waals surface area contributed by atoms with E-state index in [2.05, 4.69) is 32.5 Å². The minimum Gasteiger partial charge on any atom is -0.489 e. The standard InChI is InChI=1S/C20H25N5O2.HI/c1-3-13-27-18-9-5-4-7-16(18)15-25-20(21-2)24-12-11-23-19(26)17-8-6-10-22-14-17;/h3-10,14H,1,11-13,15H2,2H3,(H,23,26)(H2,21,24,25);1H. The van der Waals surface area contributed by atoms with Gasteiger partial charge in [-0.2, -0.15) is 0 Å². The Kier molecular flexibility index (Phi) is 11.3. The number of aromatic nitrogens is 1. The van der Waals surface area contributed by atoms with E-state index in [1.165, 1.54) is 6.20 Å². The summed E-state index contributed by atoms with van der Waals surface area (Å²) in [5, 5.41) is 9.22. The molecule has 2 aromatic rings. The zero-order valence-electron chi connectivity index (χ0n) is 15.9. The number of ether oxygens (including phenoxy) is 1. The second-order valence-corrected chi connectivity index (χ2v) is 5.56. The normalized spacial score (nSPS) is 10.4. The topological polar surface area (TPSA) is 87.6 Å². The third-order valence-corrected chi connectivity index (χ3v) is 3.63. The lowest BCUT2D eigenvalue weighted by Crippen LogP contribution is -2.41. The molecule has 0 aliphatic carbocycles. The Hall–Kier alpha value is -2.62. The van der Waals surface area contributed by atoms with Crippen LogP contribution in [0.2, 0.25) is 0 Å². The molecule has 0 atom stereocenters. The van der Waals surface area contributed by atoms with E-state index in [0.717, 1.165) is 11.3 Å². The van der Waals surface area contributed by atoms with Crippen molar-refractivity contribution < 1.29 is 9.53 Å². The lowest BCUT2D eigenvalue weighted by Gasteiger charge is -2.14. The molecule has 0 unspecified atom stereocenters. The van der Waals surface area contributed by atoms with Gasteiger partial charge in [0.25, 0.3) is 5.91 Å². The summed E-state index contributed by atoms with van der Waals surface area (Å²) >= 11 is 0. The number of guanidine groups is 1. The number of aliphatic imine (C=N–C) groups is 1. The quantitative estimate of drug-likeness (QED) is 0.164. The SMILES string of the molecule is C=CCOc1ccccc1CNC(=NC)NCCNC(=O)c1cccnc1.I. The maximum atomic E-state index is 11.9. The van der Waals surface area contributed by atoms with Gasteiger partial charge in [-0.1, -0.05) is 30.9 Å². The molecule has 0 fully saturated rings. The van der Waals surface area contributed by atoms with Crippen LogP contribution in [0, 0.1) is 0 Å². The monoisotopic (exact) mass is 495 g/mol. The Morgan fingerprint density at radius 2 is 1.96 bits per heavy atom. The molecule has 1 amide bonds. The first-order chi connectivity index (χ1) is 13.2. The molecule has 0 bridgehead atoms. The zero-order chi connectivity index (χ0) is 19.3. The zero-order valence-corrected chi connectivity index (χ0v) is 18.2. The van der Waals surface area contributed by atoms with E-state index in [9.17, 15) is 4.79 Å². The van der Waals surface area contributed by atoms with Crippen LogP contribution in [0.5, 0.6) is 5.75 Å². The summed E-state index contributed by atoms with van der Waals surface area (Å²) in [5.41, 5.74) is 1.56. The number of halogens is 1. The van der Waals surface area contributed by atoms with Gasteiger partial charge in [-0.05, 0) is 18.2 Å². The van der Waals surface area contributed by atoms with E-state index >= 15 is 0 Å². The molecule has 8 heteroatoms. The number of hydrogen-bond donors (Lipinski definition) is 3.